The monoisotopic (exact) mass is 405 g/mol. The second kappa shape index (κ2) is 7.57. The van der Waals surface area contributed by atoms with Gasteiger partial charge in [0, 0.05) is 49.8 Å². The van der Waals surface area contributed by atoms with Crippen LogP contribution in [-0.2, 0) is 10.2 Å². The van der Waals surface area contributed by atoms with Gasteiger partial charge in [-0.2, -0.15) is 8.42 Å². The maximum Gasteiger partial charge on any atom is 0.301 e. The molecule has 0 aliphatic rings. The van der Waals surface area contributed by atoms with Crippen molar-refractivity contribution in [1.29, 1.82) is 0 Å². The van der Waals surface area contributed by atoms with Crippen LogP contribution in [0.4, 0.5) is 5.69 Å². The summed E-state index contributed by atoms with van der Waals surface area (Å²) in [7, 11) is -0.741. The van der Waals surface area contributed by atoms with Crippen molar-refractivity contribution in [3.05, 3.63) is 73.4 Å². The minimum absolute atomic E-state index is 0.470. The Kier molecular flexibility index (Phi) is 4.96. The largest absolute Gasteiger partial charge is 0.301 e. The fraction of sp³-hybridized carbons (Fsp3) is 0.0952. The first-order chi connectivity index (χ1) is 14.0. The zero-order valence-electron chi connectivity index (χ0n) is 15.9. The van der Waals surface area contributed by atoms with Gasteiger partial charge in [-0.05, 0) is 53.1 Å². The van der Waals surface area contributed by atoms with Gasteiger partial charge in [0.15, 0.2) is 0 Å². The summed E-state index contributed by atoms with van der Waals surface area (Å²) in [5, 5.41) is 0.998. The summed E-state index contributed by atoms with van der Waals surface area (Å²) in [6.45, 7) is 0. The first-order valence-electron chi connectivity index (χ1n) is 8.91. The van der Waals surface area contributed by atoms with Gasteiger partial charge in [-0.3, -0.25) is 19.3 Å². The van der Waals surface area contributed by atoms with Crippen LogP contribution in [0, 0.1) is 0 Å². The van der Waals surface area contributed by atoms with Gasteiger partial charge in [-0.25, -0.2) is 4.72 Å². The summed E-state index contributed by atoms with van der Waals surface area (Å²) in [5.41, 5.74) is 5.19. The number of benzene rings is 1. The number of anilines is 1. The minimum atomic E-state index is -3.60. The Bertz CT molecular complexity index is 1280. The van der Waals surface area contributed by atoms with E-state index in [1.54, 1.807) is 30.9 Å². The number of fused-ring (bicyclic) bond motifs is 1. The third-order valence-electron chi connectivity index (χ3n) is 4.77. The molecule has 0 unspecified atom stereocenters. The summed E-state index contributed by atoms with van der Waals surface area (Å²) in [6.07, 6.45) is 8.54. The predicted octanol–water partition coefficient (Wildman–Crippen LogP) is 3.26. The zero-order chi connectivity index (χ0) is 20.4. The van der Waals surface area contributed by atoms with E-state index < -0.39 is 10.2 Å². The van der Waals surface area contributed by atoms with E-state index in [4.69, 9.17) is 0 Å². The lowest BCUT2D eigenvalue weighted by molar-refractivity contribution is 0.586. The molecule has 1 aromatic carbocycles. The summed E-state index contributed by atoms with van der Waals surface area (Å²) >= 11 is 0. The van der Waals surface area contributed by atoms with Gasteiger partial charge in [0.05, 0.1) is 17.4 Å². The van der Waals surface area contributed by atoms with Gasteiger partial charge in [0.1, 0.15) is 0 Å². The van der Waals surface area contributed by atoms with Crippen molar-refractivity contribution in [2.75, 3.05) is 18.4 Å². The van der Waals surface area contributed by atoms with Crippen LogP contribution in [0.2, 0.25) is 0 Å². The van der Waals surface area contributed by atoms with Crippen molar-refractivity contribution >= 4 is 26.8 Å². The standard InChI is InChI=1S/C21H19N5O2S/c1-22-29(27,28)26(2)18-11-17(13-24-14-18)16-3-4-21-20(12-16)19(7-10-25-21)15-5-8-23-9-6-15/h3-14,22H,1-2H3. The second-order valence-electron chi connectivity index (χ2n) is 6.43. The molecule has 0 spiro atoms. The quantitative estimate of drug-likeness (QED) is 0.551. The molecular formula is C21H19N5O2S. The van der Waals surface area contributed by atoms with Crippen molar-refractivity contribution in [2.24, 2.45) is 0 Å². The van der Waals surface area contributed by atoms with Crippen LogP contribution in [0.1, 0.15) is 0 Å². The molecule has 0 amide bonds. The Morgan fingerprint density at radius 1 is 0.862 bits per heavy atom. The van der Waals surface area contributed by atoms with Crippen LogP contribution in [0.5, 0.6) is 0 Å². The van der Waals surface area contributed by atoms with Gasteiger partial charge < -0.3 is 0 Å². The van der Waals surface area contributed by atoms with Crippen molar-refractivity contribution in [3.63, 3.8) is 0 Å². The summed E-state index contributed by atoms with van der Waals surface area (Å²) in [6, 6.07) is 13.7. The SMILES string of the molecule is CNS(=O)(=O)N(C)c1cncc(-c2ccc3nccc(-c4ccncc4)c3c2)c1. The highest BCUT2D eigenvalue weighted by atomic mass is 32.2. The number of pyridine rings is 3. The van der Waals surface area contributed by atoms with E-state index in [-0.39, 0.29) is 0 Å². The molecule has 4 aromatic rings. The molecule has 7 nitrogen and oxygen atoms in total. The smallest absolute Gasteiger partial charge is 0.265 e. The molecule has 0 saturated heterocycles. The maximum atomic E-state index is 12.1. The molecular weight excluding hydrogens is 386 g/mol. The van der Waals surface area contributed by atoms with Gasteiger partial charge in [-0.1, -0.05) is 6.07 Å². The van der Waals surface area contributed by atoms with E-state index in [0.29, 0.717) is 5.69 Å². The van der Waals surface area contributed by atoms with Crippen LogP contribution in [0.3, 0.4) is 0 Å². The Morgan fingerprint density at radius 3 is 2.41 bits per heavy atom. The number of nitrogens with one attached hydrogen (secondary N) is 1. The van der Waals surface area contributed by atoms with Gasteiger partial charge in [0.25, 0.3) is 0 Å². The Morgan fingerprint density at radius 2 is 1.66 bits per heavy atom. The molecule has 0 saturated carbocycles. The fourth-order valence-electron chi connectivity index (χ4n) is 3.14. The van der Waals surface area contributed by atoms with Crippen LogP contribution >= 0.6 is 0 Å². The summed E-state index contributed by atoms with van der Waals surface area (Å²) in [4.78, 5) is 12.8. The number of hydrogen-bond donors (Lipinski definition) is 1. The third-order valence-corrected chi connectivity index (χ3v) is 6.22. The Labute approximate surface area is 169 Å². The number of aromatic nitrogens is 3. The van der Waals surface area contributed by atoms with Crippen molar-refractivity contribution in [3.8, 4) is 22.3 Å². The second-order valence-corrected chi connectivity index (χ2v) is 8.34. The lowest BCUT2D eigenvalue weighted by Gasteiger charge is -2.18. The highest BCUT2D eigenvalue weighted by molar-refractivity contribution is 7.90. The molecule has 8 heteroatoms. The number of hydrogen-bond acceptors (Lipinski definition) is 5. The number of rotatable bonds is 5. The molecule has 3 heterocycles. The van der Waals surface area contributed by atoms with Crippen LogP contribution in [0.25, 0.3) is 33.2 Å². The Hall–Kier alpha value is -3.36. The first-order valence-corrected chi connectivity index (χ1v) is 10.4. The lowest BCUT2D eigenvalue weighted by Crippen LogP contribution is -2.35. The molecule has 0 aliphatic heterocycles. The van der Waals surface area contributed by atoms with E-state index in [2.05, 4.69) is 19.7 Å². The normalized spacial score (nSPS) is 11.5. The molecule has 4 rings (SSSR count). The van der Waals surface area contributed by atoms with Crippen molar-refractivity contribution in [2.45, 2.75) is 0 Å². The molecule has 0 radical (unpaired) electrons. The van der Waals surface area contributed by atoms with Gasteiger partial charge in [-0.15, -0.1) is 0 Å². The van der Waals surface area contributed by atoms with E-state index in [9.17, 15) is 8.42 Å². The highest BCUT2D eigenvalue weighted by Gasteiger charge is 2.16. The average Bonchev–Trinajstić information content (AvgIpc) is 2.78. The maximum absolute atomic E-state index is 12.1. The van der Waals surface area contributed by atoms with E-state index in [0.717, 1.165) is 37.5 Å². The first kappa shape index (κ1) is 19.0. The molecule has 0 aliphatic carbocycles. The minimum Gasteiger partial charge on any atom is -0.265 e. The molecule has 29 heavy (non-hydrogen) atoms. The molecule has 146 valence electrons. The Balaban J connectivity index is 1.83. The lowest BCUT2D eigenvalue weighted by atomic mass is 9.98. The average molecular weight is 405 g/mol. The van der Waals surface area contributed by atoms with Crippen molar-refractivity contribution in [1.82, 2.24) is 19.7 Å². The zero-order valence-corrected chi connectivity index (χ0v) is 16.8. The van der Waals surface area contributed by atoms with E-state index in [1.165, 1.54) is 20.3 Å². The number of nitrogens with zero attached hydrogens (tertiary/aromatic N) is 4. The summed E-state index contributed by atoms with van der Waals surface area (Å²) in [5.74, 6) is 0. The van der Waals surface area contributed by atoms with Crippen LogP contribution in [-0.4, -0.2) is 37.5 Å². The fourth-order valence-corrected chi connectivity index (χ4v) is 3.79. The predicted molar refractivity (Wildman–Crippen MR) is 115 cm³/mol. The van der Waals surface area contributed by atoms with Crippen LogP contribution < -0.4 is 9.03 Å². The molecule has 0 fully saturated rings. The molecule has 0 bridgehead atoms. The highest BCUT2D eigenvalue weighted by Crippen LogP contribution is 2.31. The van der Waals surface area contributed by atoms with E-state index >= 15 is 0 Å². The topological polar surface area (TPSA) is 88.1 Å². The molecule has 0 atom stereocenters. The van der Waals surface area contributed by atoms with E-state index in [1.807, 2.05) is 36.4 Å². The molecule has 1 N–H and O–H groups in total. The summed E-state index contributed by atoms with van der Waals surface area (Å²) < 4.78 is 27.7. The van der Waals surface area contributed by atoms with Crippen LogP contribution in [0.15, 0.2) is 73.4 Å². The van der Waals surface area contributed by atoms with Crippen molar-refractivity contribution < 1.29 is 8.42 Å². The van der Waals surface area contributed by atoms with Gasteiger partial charge in [0.2, 0.25) is 0 Å². The molecule has 3 aromatic heterocycles. The third kappa shape index (κ3) is 3.67. The van der Waals surface area contributed by atoms with Gasteiger partial charge >= 0.3 is 10.2 Å².